The highest BCUT2D eigenvalue weighted by Gasteiger charge is 2.15. The van der Waals surface area contributed by atoms with Crippen molar-refractivity contribution in [2.75, 3.05) is 14.2 Å². The first-order valence-corrected chi connectivity index (χ1v) is 6.28. The monoisotopic (exact) mass is 250 g/mol. The van der Waals surface area contributed by atoms with Crippen molar-refractivity contribution in [1.82, 2.24) is 0 Å². The SMILES string of the molecule is COC(=O)[C@@H](C)CCc1ccccc1C(C)OC. The van der Waals surface area contributed by atoms with E-state index in [2.05, 4.69) is 12.1 Å². The maximum Gasteiger partial charge on any atom is 0.308 e. The van der Waals surface area contributed by atoms with Gasteiger partial charge in [0.1, 0.15) is 0 Å². The van der Waals surface area contributed by atoms with Crippen LogP contribution in [-0.4, -0.2) is 20.2 Å². The zero-order chi connectivity index (χ0) is 13.5. The van der Waals surface area contributed by atoms with Gasteiger partial charge in [-0.05, 0) is 30.9 Å². The molecule has 1 unspecified atom stereocenters. The van der Waals surface area contributed by atoms with Crippen LogP contribution >= 0.6 is 0 Å². The van der Waals surface area contributed by atoms with Crippen molar-refractivity contribution in [2.24, 2.45) is 5.92 Å². The van der Waals surface area contributed by atoms with Crippen LogP contribution in [0, 0.1) is 5.92 Å². The van der Waals surface area contributed by atoms with Gasteiger partial charge in [0.15, 0.2) is 0 Å². The summed E-state index contributed by atoms with van der Waals surface area (Å²) in [5.41, 5.74) is 2.43. The van der Waals surface area contributed by atoms with Crippen molar-refractivity contribution < 1.29 is 14.3 Å². The highest BCUT2D eigenvalue weighted by molar-refractivity contribution is 5.71. The van der Waals surface area contributed by atoms with E-state index in [9.17, 15) is 4.79 Å². The van der Waals surface area contributed by atoms with Crippen molar-refractivity contribution in [1.29, 1.82) is 0 Å². The number of carbonyl (C=O) groups is 1. The molecule has 3 heteroatoms. The quantitative estimate of drug-likeness (QED) is 0.728. The number of aryl methyl sites for hydroxylation is 1. The number of esters is 1. The number of hydrogen-bond acceptors (Lipinski definition) is 3. The van der Waals surface area contributed by atoms with Crippen molar-refractivity contribution in [3.63, 3.8) is 0 Å². The Morgan fingerprint density at radius 2 is 1.89 bits per heavy atom. The summed E-state index contributed by atoms with van der Waals surface area (Å²) in [6.07, 6.45) is 1.73. The topological polar surface area (TPSA) is 35.5 Å². The molecule has 0 saturated heterocycles. The molecule has 0 saturated carbocycles. The first-order chi connectivity index (χ1) is 8.60. The normalized spacial score (nSPS) is 14.0. The van der Waals surface area contributed by atoms with E-state index in [0.29, 0.717) is 0 Å². The molecule has 2 atom stereocenters. The Bertz CT molecular complexity index is 387. The van der Waals surface area contributed by atoms with Gasteiger partial charge in [0, 0.05) is 7.11 Å². The van der Waals surface area contributed by atoms with Gasteiger partial charge in [-0.1, -0.05) is 31.2 Å². The fourth-order valence-electron chi connectivity index (χ4n) is 1.98. The highest BCUT2D eigenvalue weighted by Crippen LogP contribution is 2.22. The van der Waals surface area contributed by atoms with Gasteiger partial charge in [-0.2, -0.15) is 0 Å². The first-order valence-electron chi connectivity index (χ1n) is 6.28. The fraction of sp³-hybridized carbons (Fsp3) is 0.533. The predicted octanol–water partition coefficient (Wildman–Crippen LogP) is 3.14. The van der Waals surface area contributed by atoms with Gasteiger partial charge < -0.3 is 9.47 Å². The minimum atomic E-state index is -0.146. The van der Waals surface area contributed by atoms with E-state index in [1.165, 1.54) is 18.2 Å². The van der Waals surface area contributed by atoms with Gasteiger partial charge >= 0.3 is 5.97 Å². The third-order valence-electron chi connectivity index (χ3n) is 3.30. The molecule has 0 fully saturated rings. The fourth-order valence-corrected chi connectivity index (χ4v) is 1.98. The van der Waals surface area contributed by atoms with E-state index in [-0.39, 0.29) is 18.0 Å². The largest absolute Gasteiger partial charge is 0.469 e. The van der Waals surface area contributed by atoms with Gasteiger partial charge in [-0.15, -0.1) is 0 Å². The molecular formula is C15H22O3. The van der Waals surface area contributed by atoms with Crippen LogP contribution in [0.1, 0.15) is 37.5 Å². The number of rotatable bonds is 6. The molecule has 100 valence electrons. The number of carbonyl (C=O) groups excluding carboxylic acids is 1. The van der Waals surface area contributed by atoms with Crippen molar-refractivity contribution in [3.8, 4) is 0 Å². The number of benzene rings is 1. The van der Waals surface area contributed by atoms with E-state index in [1.807, 2.05) is 26.0 Å². The minimum Gasteiger partial charge on any atom is -0.469 e. The van der Waals surface area contributed by atoms with Gasteiger partial charge in [-0.3, -0.25) is 4.79 Å². The molecular weight excluding hydrogens is 228 g/mol. The molecule has 0 spiro atoms. The second-order valence-electron chi connectivity index (χ2n) is 4.54. The summed E-state index contributed by atoms with van der Waals surface area (Å²) in [5, 5.41) is 0. The molecule has 18 heavy (non-hydrogen) atoms. The van der Waals surface area contributed by atoms with E-state index >= 15 is 0 Å². The lowest BCUT2D eigenvalue weighted by Gasteiger charge is -2.16. The number of methoxy groups -OCH3 is 2. The lowest BCUT2D eigenvalue weighted by Crippen LogP contribution is -2.14. The van der Waals surface area contributed by atoms with Gasteiger partial charge in [-0.25, -0.2) is 0 Å². The highest BCUT2D eigenvalue weighted by atomic mass is 16.5. The molecule has 0 N–H and O–H groups in total. The van der Waals surface area contributed by atoms with Gasteiger partial charge in [0.05, 0.1) is 19.1 Å². The summed E-state index contributed by atoms with van der Waals surface area (Å²) in [6, 6.07) is 8.20. The Morgan fingerprint density at radius 3 is 2.50 bits per heavy atom. The molecule has 0 aliphatic carbocycles. The summed E-state index contributed by atoms with van der Waals surface area (Å²) in [4.78, 5) is 11.4. The summed E-state index contributed by atoms with van der Waals surface area (Å²) >= 11 is 0. The van der Waals surface area contributed by atoms with E-state index in [0.717, 1.165) is 12.8 Å². The first kappa shape index (κ1) is 14.7. The van der Waals surface area contributed by atoms with Crippen LogP contribution < -0.4 is 0 Å². The molecule has 0 amide bonds. The molecule has 0 aliphatic rings. The molecule has 0 aliphatic heterocycles. The Balaban J connectivity index is 2.70. The molecule has 0 radical (unpaired) electrons. The minimum absolute atomic E-state index is 0.0686. The molecule has 1 rings (SSSR count). The van der Waals surface area contributed by atoms with Crippen LogP contribution in [0.2, 0.25) is 0 Å². The third kappa shape index (κ3) is 3.84. The second-order valence-corrected chi connectivity index (χ2v) is 4.54. The second kappa shape index (κ2) is 7.17. The van der Waals surface area contributed by atoms with Crippen LogP contribution in [0.5, 0.6) is 0 Å². The zero-order valence-corrected chi connectivity index (χ0v) is 11.6. The molecule has 3 nitrogen and oxygen atoms in total. The van der Waals surface area contributed by atoms with E-state index in [1.54, 1.807) is 7.11 Å². The molecule has 1 aromatic carbocycles. The van der Waals surface area contributed by atoms with Crippen LogP contribution in [0.4, 0.5) is 0 Å². The third-order valence-corrected chi connectivity index (χ3v) is 3.30. The lowest BCUT2D eigenvalue weighted by molar-refractivity contribution is -0.145. The zero-order valence-electron chi connectivity index (χ0n) is 11.6. The maximum absolute atomic E-state index is 11.4. The molecule has 1 aromatic rings. The van der Waals surface area contributed by atoms with Crippen LogP contribution in [0.3, 0.4) is 0 Å². The molecule has 0 heterocycles. The lowest BCUT2D eigenvalue weighted by atomic mass is 9.95. The average Bonchev–Trinajstić information content (AvgIpc) is 2.43. The van der Waals surface area contributed by atoms with Crippen molar-refractivity contribution in [3.05, 3.63) is 35.4 Å². The molecule has 0 bridgehead atoms. The predicted molar refractivity (Wildman–Crippen MR) is 71.4 cm³/mol. The van der Waals surface area contributed by atoms with Crippen molar-refractivity contribution >= 4 is 5.97 Å². The smallest absolute Gasteiger partial charge is 0.308 e. The Morgan fingerprint density at radius 1 is 1.22 bits per heavy atom. The van der Waals surface area contributed by atoms with Crippen molar-refractivity contribution in [2.45, 2.75) is 32.8 Å². The number of hydrogen-bond donors (Lipinski definition) is 0. The summed E-state index contributed by atoms with van der Waals surface area (Å²) in [6.45, 7) is 3.93. The standard InChI is InChI=1S/C15H22O3/c1-11(15(16)18-4)9-10-13-7-5-6-8-14(13)12(2)17-3/h5-8,11-12H,9-10H2,1-4H3/t11-,12?/m0/s1. The van der Waals surface area contributed by atoms with Crippen LogP contribution in [0.25, 0.3) is 0 Å². The van der Waals surface area contributed by atoms with Gasteiger partial charge in [0.25, 0.3) is 0 Å². The molecule has 0 aromatic heterocycles. The average molecular weight is 250 g/mol. The Labute approximate surface area is 109 Å². The summed E-state index contributed by atoms with van der Waals surface area (Å²) < 4.78 is 10.1. The Hall–Kier alpha value is -1.35. The Kier molecular flexibility index (Phi) is 5.86. The summed E-state index contributed by atoms with van der Waals surface area (Å²) in [5.74, 6) is -0.215. The van der Waals surface area contributed by atoms with Crippen LogP contribution in [-0.2, 0) is 20.7 Å². The van der Waals surface area contributed by atoms with Crippen LogP contribution in [0.15, 0.2) is 24.3 Å². The maximum atomic E-state index is 11.4. The summed E-state index contributed by atoms with van der Waals surface area (Å²) in [7, 11) is 3.14. The number of ether oxygens (including phenoxy) is 2. The van der Waals surface area contributed by atoms with E-state index < -0.39 is 0 Å². The van der Waals surface area contributed by atoms with Gasteiger partial charge in [0.2, 0.25) is 0 Å². The van der Waals surface area contributed by atoms with E-state index in [4.69, 9.17) is 9.47 Å².